The third kappa shape index (κ3) is 9.25. The van der Waals surface area contributed by atoms with Gasteiger partial charge in [0.1, 0.15) is 18.1 Å². The number of hydrogen-bond donors (Lipinski definition) is 3. The predicted octanol–water partition coefficient (Wildman–Crippen LogP) is 0.426. The van der Waals surface area contributed by atoms with E-state index in [0.29, 0.717) is 19.3 Å². The van der Waals surface area contributed by atoms with Gasteiger partial charge in [-0.15, -0.1) is 0 Å². The average molecular weight is 594 g/mol. The number of rotatable bonds is 13. The second-order valence-electron chi connectivity index (χ2n) is 12.7. The molecule has 0 aromatic heterocycles. The zero-order valence-electron chi connectivity index (χ0n) is 25.9. The number of likely N-dealkylation sites (tertiary alicyclic amines) is 1. The summed E-state index contributed by atoms with van der Waals surface area (Å²) >= 11 is 0. The molecule has 0 aliphatic carbocycles. The number of nitrogens with two attached hydrogens (primary N) is 1. The van der Waals surface area contributed by atoms with Crippen LogP contribution in [0.1, 0.15) is 86.5 Å². The lowest BCUT2D eigenvalue weighted by atomic mass is 9.83. The van der Waals surface area contributed by atoms with Crippen LogP contribution in [0.15, 0.2) is 0 Å². The first kappa shape index (κ1) is 34.7. The standard InChI is InChI=1S/C29H47N5O8/c1-16(2)15-21(24(37)29(4,5)6)33(7)27(40)20-9-8-14-34(20)26(39)17(3)42-28(41)19(10-12-22(30)35)32-25(38)18-11-13-23(36)31-18/h16-21H,8-15H2,1-7H3,(H2,30,35)(H,31,36)(H,32,38)/t17-,18?,19-,20-,21+/m0/s1. The van der Waals surface area contributed by atoms with Crippen molar-refractivity contribution in [2.45, 2.75) is 117 Å². The summed E-state index contributed by atoms with van der Waals surface area (Å²) in [5, 5.41) is 4.99. The maximum atomic E-state index is 13.6. The van der Waals surface area contributed by atoms with Crippen LogP contribution in [0.4, 0.5) is 0 Å². The summed E-state index contributed by atoms with van der Waals surface area (Å²) < 4.78 is 5.41. The molecule has 2 rings (SSSR count). The maximum absolute atomic E-state index is 13.6. The molecule has 0 aromatic carbocycles. The van der Waals surface area contributed by atoms with Crippen LogP contribution in [0.3, 0.4) is 0 Å². The first-order valence-corrected chi connectivity index (χ1v) is 14.6. The van der Waals surface area contributed by atoms with E-state index >= 15 is 0 Å². The molecule has 0 radical (unpaired) electrons. The van der Waals surface area contributed by atoms with Crippen LogP contribution >= 0.6 is 0 Å². The monoisotopic (exact) mass is 593 g/mol. The fourth-order valence-corrected chi connectivity index (χ4v) is 5.22. The summed E-state index contributed by atoms with van der Waals surface area (Å²) in [5.74, 6) is -3.38. The lowest BCUT2D eigenvalue weighted by molar-refractivity contribution is -0.163. The molecule has 2 aliphatic rings. The maximum Gasteiger partial charge on any atom is 0.329 e. The Morgan fingerprint density at radius 1 is 1.12 bits per heavy atom. The average Bonchev–Trinajstić information content (AvgIpc) is 3.56. The third-order valence-corrected chi connectivity index (χ3v) is 7.61. The Kier molecular flexibility index (Phi) is 12.1. The number of carbonyl (C=O) groups excluding carboxylic acids is 7. The Hall–Kier alpha value is -3.51. The minimum absolute atomic E-state index is 0.0635. The van der Waals surface area contributed by atoms with Crippen LogP contribution in [0.2, 0.25) is 0 Å². The summed E-state index contributed by atoms with van der Waals surface area (Å²) in [6.45, 7) is 11.0. The molecular formula is C29H47N5O8. The summed E-state index contributed by atoms with van der Waals surface area (Å²) in [4.78, 5) is 91.6. The second-order valence-corrected chi connectivity index (χ2v) is 12.7. The molecule has 5 amide bonds. The zero-order valence-corrected chi connectivity index (χ0v) is 25.9. The Balaban J connectivity index is 2.13. The van der Waals surface area contributed by atoms with E-state index in [1.807, 2.05) is 34.6 Å². The molecule has 4 N–H and O–H groups in total. The van der Waals surface area contributed by atoms with Gasteiger partial charge in [-0.1, -0.05) is 34.6 Å². The highest BCUT2D eigenvalue weighted by molar-refractivity contribution is 5.96. The molecule has 0 saturated carbocycles. The number of carbonyl (C=O) groups is 7. The van der Waals surface area contributed by atoms with Crippen molar-refractivity contribution in [3.63, 3.8) is 0 Å². The predicted molar refractivity (Wildman–Crippen MR) is 152 cm³/mol. The Morgan fingerprint density at radius 3 is 2.29 bits per heavy atom. The van der Waals surface area contributed by atoms with Crippen molar-refractivity contribution in [2.24, 2.45) is 17.1 Å². The smallest absolute Gasteiger partial charge is 0.329 e. The molecular weight excluding hydrogens is 546 g/mol. The highest BCUT2D eigenvalue weighted by Gasteiger charge is 2.42. The van der Waals surface area contributed by atoms with E-state index in [0.717, 1.165) is 0 Å². The van der Waals surface area contributed by atoms with E-state index in [-0.39, 0.29) is 55.7 Å². The van der Waals surface area contributed by atoms with Crippen molar-refractivity contribution in [3.8, 4) is 0 Å². The summed E-state index contributed by atoms with van der Waals surface area (Å²) in [7, 11) is 1.59. The highest BCUT2D eigenvalue weighted by Crippen LogP contribution is 2.27. The van der Waals surface area contributed by atoms with Crippen LogP contribution in [0, 0.1) is 11.3 Å². The van der Waals surface area contributed by atoms with Gasteiger partial charge in [0.2, 0.25) is 23.6 Å². The number of Topliss-reactive ketones (excluding diaryl/α,β-unsaturated/α-hetero) is 1. The van der Waals surface area contributed by atoms with Gasteiger partial charge in [-0.05, 0) is 44.9 Å². The lowest BCUT2D eigenvalue weighted by Crippen LogP contribution is -2.55. The van der Waals surface area contributed by atoms with Crippen LogP contribution < -0.4 is 16.4 Å². The molecule has 236 valence electrons. The number of esters is 1. The summed E-state index contributed by atoms with van der Waals surface area (Å²) in [5.41, 5.74) is 4.56. The van der Waals surface area contributed by atoms with Gasteiger partial charge < -0.3 is 30.9 Å². The van der Waals surface area contributed by atoms with Gasteiger partial charge >= 0.3 is 5.97 Å². The van der Waals surface area contributed by atoms with E-state index < -0.39 is 59.4 Å². The van der Waals surface area contributed by atoms with Gasteiger partial charge in [0.25, 0.3) is 5.91 Å². The van der Waals surface area contributed by atoms with Crippen molar-refractivity contribution in [3.05, 3.63) is 0 Å². The SMILES string of the molecule is CC(C)C[C@H](C(=O)C(C)(C)C)N(C)C(=O)[C@@H]1CCCN1C(=O)[C@H](C)OC(=O)[C@H](CCC(N)=O)NC(=O)C1CCC(=O)N1. The Morgan fingerprint density at radius 2 is 1.76 bits per heavy atom. The van der Waals surface area contributed by atoms with Crippen LogP contribution in [0.25, 0.3) is 0 Å². The summed E-state index contributed by atoms with van der Waals surface area (Å²) in [6.07, 6.45) is 0.202. The second kappa shape index (κ2) is 14.6. The molecule has 42 heavy (non-hydrogen) atoms. The zero-order chi connectivity index (χ0) is 31.9. The molecule has 1 unspecified atom stereocenters. The molecule has 0 bridgehead atoms. The first-order valence-electron chi connectivity index (χ1n) is 14.6. The molecule has 13 heteroatoms. The van der Waals surface area contributed by atoms with E-state index in [1.165, 1.54) is 16.7 Å². The minimum Gasteiger partial charge on any atom is -0.451 e. The van der Waals surface area contributed by atoms with Gasteiger partial charge in [-0.3, -0.25) is 28.8 Å². The molecule has 2 aliphatic heterocycles. The van der Waals surface area contributed by atoms with Gasteiger partial charge in [-0.25, -0.2) is 4.79 Å². The van der Waals surface area contributed by atoms with Gasteiger partial charge in [-0.2, -0.15) is 0 Å². The quantitative estimate of drug-likeness (QED) is 0.257. The van der Waals surface area contributed by atoms with Gasteiger partial charge in [0.05, 0.1) is 6.04 Å². The first-order chi connectivity index (χ1) is 19.4. The number of ether oxygens (including phenoxy) is 1. The number of ketones is 1. The number of amides is 5. The molecule has 0 spiro atoms. The van der Waals surface area contributed by atoms with Crippen molar-refractivity contribution in [1.29, 1.82) is 0 Å². The van der Waals surface area contributed by atoms with Crippen LogP contribution in [-0.4, -0.2) is 95.0 Å². The number of hydrogen-bond acceptors (Lipinski definition) is 8. The van der Waals surface area contributed by atoms with Crippen molar-refractivity contribution in [1.82, 2.24) is 20.4 Å². The normalized spacial score (nSPS) is 20.9. The number of likely N-dealkylation sites (N-methyl/N-ethyl adjacent to an activating group) is 1. The fraction of sp³-hybridized carbons (Fsp3) is 0.759. The minimum atomic E-state index is -1.29. The number of nitrogens with zero attached hydrogens (tertiary/aromatic N) is 2. The van der Waals surface area contributed by atoms with Crippen molar-refractivity contribution in [2.75, 3.05) is 13.6 Å². The number of nitrogens with one attached hydrogen (secondary N) is 2. The molecule has 2 heterocycles. The van der Waals surface area contributed by atoms with Crippen LogP contribution in [-0.2, 0) is 38.3 Å². The largest absolute Gasteiger partial charge is 0.451 e. The molecule has 5 atom stereocenters. The Bertz CT molecular complexity index is 1070. The third-order valence-electron chi connectivity index (χ3n) is 7.61. The van der Waals surface area contributed by atoms with Crippen molar-refractivity contribution < 1.29 is 38.3 Å². The fourth-order valence-electron chi connectivity index (χ4n) is 5.22. The van der Waals surface area contributed by atoms with E-state index in [9.17, 15) is 33.6 Å². The molecule has 2 saturated heterocycles. The number of primary amides is 1. The van der Waals surface area contributed by atoms with Crippen LogP contribution in [0.5, 0.6) is 0 Å². The summed E-state index contributed by atoms with van der Waals surface area (Å²) in [6, 6.07) is -3.56. The molecule has 13 nitrogen and oxygen atoms in total. The topological polar surface area (TPSA) is 185 Å². The van der Waals surface area contributed by atoms with Gasteiger partial charge in [0.15, 0.2) is 11.9 Å². The van der Waals surface area contributed by atoms with E-state index in [1.54, 1.807) is 7.05 Å². The van der Waals surface area contributed by atoms with Gasteiger partial charge in [0, 0.05) is 31.8 Å². The van der Waals surface area contributed by atoms with E-state index in [2.05, 4.69) is 10.6 Å². The Labute approximate surface area is 247 Å². The lowest BCUT2D eigenvalue weighted by Gasteiger charge is -2.36. The molecule has 0 aromatic rings. The highest BCUT2D eigenvalue weighted by atomic mass is 16.5. The van der Waals surface area contributed by atoms with Crippen molar-refractivity contribution >= 4 is 41.3 Å². The van der Waals surface area contributed by atoms with E-state index in [4.69, 9.17) is 10.5 Å². The molecule has 2 fully saturated rings.